The molecule has 264 valence electrons. The van der Waals surface area contributed by atoms with Gasteiger partial charge in [0.2, 0.25) is 0 Å². The molecule has 15 atom stereocenters. The third kappa shape index (κ3) is 11.2. The van der Waals surface area contributed by atoms with Crippen molar-refractivity contribution in [1.29, 1.82) is 0 Å². The predicted octanol–water partition coefficient (Wildman–Crippen LogP) is -0.272. The maximum absolute atomic E-state index is 11.0. The first-order chi connectivity index (χ1) is 22.1. The summed E-state index contributed by atoms with van der Waals surface area (Å²) in [4.78, 5) is 48.8. The molecule has 0 spiro atoms. The lowest BCUT2D eigenvalue weighted by Crippen LogP contribution is -2.31. The van der Waals surface area contributed by atoms with Crippen molar-refractivity contribution < 1.29 is 89.4 Å². The Bertz CT molecular complexity index is 1190. The minimum Gasteiger partial charge on any atom is -0.450 e. The lowest BCUT2D eigenvalue weighted by molar-refractivity contribution is -0.0153. The number of thiocarbonyl (C=S) groups is 1. The molecular formula is C21H30B3O19P3S2. The zero-order chi connectivity index (χ0) is 35.8. The number of fused-ring (bicyclic) bond motifs is 3. The molecule has 0 amide bonds. The molecular weight excluding hydrogens is 746 g/mol. The molecule has 3 N–H and O–H groups in total. The van der Waals surface area contributed by atoms with Crippen molar-refractivity contribution in [1.82, 2.24) is 0 Å². The molecule has 0 saturated carbocycles. The highest BCUT2D eigenvalue weighted by Gasteiger charge is 2.53. The number of hydrogen-bond donors (Lipinski definition) is 3. The Kier molecular flexibility index (Phi) is 13.3. The van der Waals surface area contributed by atoms with Crippen LogP contribution in [0.4, 0.5) is 9.59 Å². The van der Waals surface area contributed by atoms with Crippen LogP contribution in [0.3, 0.4) is 0 Å². The second-order valence-corrected chi connectivity index (χ2v) is 18.0. The van der Waals surface area contributed by atoms with Gasteiger partial charge < -0.3 is 66.1 Å². The van der Waals surface area contributed by atoms with Gasteiger partial charge in [0.1, 0.15) is 48.0 Å². The SMILES string of the molecule is [B]C1OC(COP(C)(=O)O)C2OC(=O)OC12.[B]C1OC(COP(C)(=O)O)C2OC(=O)SC12.[B]C1OC(COP(C)(=O)O)C2OC(=S)OC12. The van der Waals surface area contributed by atoms with E-state index in [0.717, 1.165) is 31.8 Å². The van der Waals surface area contributed by atoms with E-state index in [4.69, 9.17) is 97.4 Å². The summed E-state index contributed by atoms with van der Waals surface area (Å²) in [6.07, 6.45) is -5.47. The van der Waals surface area contributed by atoms with Crippen molar-refractivity contribution in [2.24, 2.45) is 0 Å². The normalized spacial score (nSPS) is 41.2. The minimum atomic E-state index is -3.59. The highest BCUT2D eigenvalue weighted by atomic mass is 32.2. The topological polar surface area (TPSA) is 248 Å². The van der Waals surface area contributed by atoms with Crippen LogP contribution in [0.2, 0.25) is 0 Å². The van der Waals surface area contributed by atoms with E-state index in [1.165, 1.54) is 0 Å². The summed E-state index contributed by atoms with van der Waals surface area (Å²) in [5.41, 5.74) is 0. The average Bonchev–Trinajstić information content (AvgIpc) is 3.77. The summed E-state index contributed by atoms with van der Waals surface area (Å²) in [7, 11) is 6.14. The van der Waals surface area contributed by atoms with E-state index >= 15 is 0 Å². The van der Waals surface area contributed by atoms with E-state index in [1.807, 2.05) is 0 Å². The Morgan fingerprint density at radius 2 is 1.02 bits per heavy atom. The molecule has 0 aromatic heterocycles. The molecule has 6 heterocycles. The highest BCUT2D eigenvalue weighted by Crippen LogP contribution is 2.43. The number of hydrogen-bond acceptors (Lipinski definition) is 18. The average molecular weight is 776 g/mol. The van der Waals surface area contributed by atoms with Crippen molar-refractivity contribution in [3.05, 3.63) is 0 Å². The fourth-order valence-electron chi connectivity index (χ4n) is 4.88. The standard InChI is InChI=1S/C7H10BO7P.2C7H10BO6PS/c1-16(10,11)12-2-3-4-5(6(8)13-3)15-7(9)14-4;1-15(9,10)11-2-3-4-5(6(8)12-3)14-7(16)13-4;1-15(10,11)12-2-3-4-5(6(8)13-3)16-7(9)14-4/h3-6H,2H2,1H3,(H,10,11);3-6H,2H2,1H3,(H,9,10);3-6H,2H2,1H3,(H,10,11). The largest absolute Gasteiger partial charge is 0.509 e. The summed E-state index contributed by atoms with van der Waals surface area (Å²) in [6, 6.07) is -2.10. The van der Waals surface area contributed by atoms with Crippen molar-refractivity contribution in [2.45, 2.75) is 72.1 Å². The Morgan fingerprint density at radius 3 is 1.50 bits per heavy atom. The van der Waals surface area contributed by atoms with E-state index in [2.05, 4.69) is 4.52 Å². The molecule has 27 heteroatoms. The van der Waals surface area contributed by atoms with Crippen LogP contribution in [0.15, 0.2) is 0 Å². The van der Waals surface area contributed by atoms with Gasteiger partial charge in [0.05, 0.1) is 37.1 Å². The first-order valence-corrected chi connectivity index (χ1v) is 21.2. The number of rotatable bonds is 9. The van der Waals surface area contributed by atoms with Crippen LogP contribution < -0.4 is 0 Å². The first-order valence-electron chi connectivity index (χ1n) is 13.8. The van der Waals surface area contributed by atoms with Gasteiger partial charge in [0.15, 0.2) is 24.4 Å². The number of carbonyl (C=O) groups is 2. The van der Waals surface area contributed by atoms with Gasteiger partial charge in [-0.15, -0.1) is 0 Å². The maximum Gasteiger partial charge on any atom is 0.509 e. The Hall–Kier alpha value is -0.695. The third-order valence-electron chi connectivity index (χ3n) is 6.87. The molecule has 0 aromatic rings. The van der Waals surface area contributed by atoms with E-state index < -0.39 is 101 Å². The van der Waals surface area contributed by atoms with Crippen LogP contribution in [-0.4, -0.2) is 167 Å². The van der Waals surface area contributed by atoms with Crippen molar-refractivity contribution >= 4 is 87.0 Å². The zero-order valence-electron chi connectivity index (χ0n) is 25.3. The Labute approximate surface area is 287 Å². The van der Waals surface area contributed by atoms with Crippen LogP contribution in [-0.2, 0) is 65.2 Å². The molecule has 0 aliphatic carbocycles. The molecule has 6 radical (unpaired) electrons. The van der Waals surface area contributed by atoms with Gasteiger partial charge in [0.25, 0.3) is 0 Å². The monoisotopic (exact) mass is 776 g/mol. The van der Waals surface area contributed by atoms with Gasteiger partial charge in [-0.25, -0.2) is 9.59 Å². The second-order valence-electron chi connectivity index (χ2n) is 11.0. The molecule has 19 nitrogen and oxygen atoms in total. The van der Waals surface area contributed by atoms with E-state index in [9.17, 15) is 23.3 Å². The van der Waals surface area contributed by atoms with Crippen molar-refractivity contribution in [2.75, 3.05) is 39.8 Å². The molecule has 6 aliphatic heterocycles. The van der Waals surface area contributed by atoms with Crippen LogP contribution in [0.5, 0.6) is 0 Å². The van der Waals surface area contributed by atoms with Crippen LogP contribution in [0.1, 0.15) is 0 Å². The fourth-order valence-corrected chi connectivity index (χ4v) is 7.33. The summed E-state index contributed by atoms with van der Waals surface area (Å²) in [5, 5.41) is -0.652. The van der Waals surface area contributed by atoms with Gasteiger partial charge in [-0.3, -0.25) is 13.7 Å². The molecule has 6 rings (SSSR count). The molecule has 0 aromatic carbocycles. The van der Waals surface area contributed by atoms with Gasteiger partial charge in [0, 0.05) is 38.2 Å². The van der Waals surface area contributed by atoms with E-state index in [-0.39, 0.29) is 30.3 Å². The van der Waals surface area contributed by atoms with Gasteiger partial charge in [-0.05, 0) is 11.8 Å². The Balaban J connectivity index is 0.000000163. The van der Waals surface area contributed by atoms with Gasteiger partial charge in [-0.1, -0.05) is 0 Å². The second kappa shape index (κ2) is 15.9. The fraction of sp³-hybridized carbons (Fsp3) is 0.857. The van der Waals surface area contributed by atoms with E-state index in [1.54, 1.807) is 0 Å². The van der Waals surface area contributed by atoms with Crippen LogP contribution >= 0.6 is 46.8 Å². The number of thioether (sulfide) groups is 1. The summed E-state index contributed by atoms with van der Waals surface area (Å²) >= 11 is 5.72. The van der Waals surface area contributed by atoms with Gasteiger partial charge >= 0.3 is 39.5 Å². The van der Waals surface area contributed by atoms with Crippen LogP contribution in [0.25, 0.3) is 0 Å². The Morgan fingerprint density at radius 1 is 0.646 bits per heavy atom. The molecule has 0 bridgehead atoms. The summed E-state index contributed by atoms with van der Waals surface area (Å²) in [6.45, 7) is 2.83. The lowest BCUT2D eigenvalue weighted by atomic mass is 9.93. The lowest BCUT2D eigenvalue weighted by Gasteiger charge is -2.17. The molecule has 48 heavy (non-hydrogen) atoms. The third-order valence-corrected chi connectivity index (χ3v) is 10.0. The first kappa shape index (κ1) is 40.1. The van der Waals surface area contributed by atoms with E-state index in [0.29, 0.717) is 0 Å². The maximum atomic E-state index is 11.0. The molecule has 6 saturated heterocycles. The highest BCUT2D eigenvalue weighted by molar-refractivity contribution is 8.14. The minimum absolute atomic E-state index is 0.0161. The number of carbonyl (C=O) groups excluding carboxylic acids is 2. The van der Waals surface area contributed by atoms with Gasteiger partial charge in [-0.2, -0.15) is 0 Å². The molecule has 6 aliphatic rings. The quantitative estimate of drug-likeness (QED) is 0.118. The summed E-state index contributed by atoms with van der Waals surface area (Å²) in [5.74, 6) is 0. The number of ether oxygens (including phenoxy) is 8. The van der Waals surface area contributed by atoms with Crippen molar-refractivity contribution in [3.63, 3.8) is 0 Å². The molecule has 15 unspecified atom stereocenters. The van der Waals surface area contributed by atoms with Crippen molar-refractivity contribution in [3.8, 4) is 0 Å². The predicted molar refractivity (Wildman–Crippen MR) is 167 cm³/mol. The smallest absolute Gasteiger partial charge is 0.450 e. The zero-order valence-corrected chi connectivity index (χ0v) is 29.6. The summed E-state index contributed by atoms with van der Waals surface area (Å²) < 4.78 is 87.7. The van der Waals surface area contributed by atoms with Crippen LogP contribution in [0, 0.1) is 0 Å². The molecule has 6 fully saturated rings.